The molecule has 4 nitrogen and oxygen atoms in total. The zero-order chi connectivity index (χ0) is 10.6. The molecule has 0 saturated heterocycles. The Morgan fingerprint density at radius 2 is 1.86 bits per heavy atom. The van der Waals surface area contributed by atoms with Crippen LogP contribution in [0.1, 0.15) is 25.7 Å². The Morgan fingerprint density at radius 1 is 1.29 bits per heavy atom. The van der Waals surface area contributed by atoms with Crippen molar-refractivity contribution >= 4 is 10.0 Å². The van der Waals surface area contributed by atoms with Gasteiger partial charge >= 0.3 is 0 Å². The average molecular weight is 220 g/mol. The number of hydrogen-bond donors (Lipinski definition) is 2. The van der Waals surface area contributed by atoms with Crippen LogP contribution in [0.15, 0.2) is 0 Å². The van der Waals surface area contributed by atoms with Gasteiger partial charge in [0.2, 0.25) is 10.0 Å². The van der Waals surface area contributed by atoms with Crippen molar-refractivity contribution < 1.29 is 8.42 Å². The van der Waals surface area contributed by atoms with Crippen LogP contribution < -0.4 is 10.5 Å². The minimum atomic E-state index is -3.05. The molecule has 14 heavy (non-hydrogen) atoms. The number of rotatable bonds is 4. The molecule has 0 spiro atoms. The van der Waals surface area contributed by atoms with E-state index in [-0.39, 0.29) is 0 Å². The second-order valence-corrected chi connectivity index (χ2v) is 5.99. The monoisotopic (exact) mass is 220 g/mol. The predicted octanol–water partition coefficient (Wildman–Crippen LogP) is 0.301. The fourth-order valence-corrected chi connectivity index (χ4v) is 2.64. The molecule has 1 aliphatic carbocycles. The molecule has 0 aromatic rings. The van der Waals surface area contributed by atoms with Crippen molar-refractivity contribution in [1.82, 2.24) is 4.72 Å². The van der Waals surface area contributed by atoms with E-state index in [0.29, 0.717) is 24.9 Å². The number of nitrogens with two attached hydrogens (primary N) is 1. The molecular formula is C9H20N2O2S. The normalized spacial score (nSPS) is 29.0. The molecule has 1 fully saturated rings. The summed E-state index contributed by atoms with van der Waals surface area (Å²) in [5.74, 6) is 0.932. The highest BCUT2D eigenvalue weighted by Crippen LogP contribution is 2.28. The SMILES string of the molecule is CS(=O)(=O)NCC1CCCCC1CN. The van der Waals surface area contributed by atoms with Crippen molar-refractivity contribution in [2.24, 2.45) is 17.6 Å². The first kappa shape index (κ1) is 11.9. The predicted molar refractivity (Wildman–Crippen MR) is 57.3 cm³/mol. The van der Waals surface area contributed by atoms with E-state index in [0.717, 1.165) is 12.8 Å². The number of sulfonamides is 1. The van der Waals surface area contributed by atoms with Crippen LogP contribution in [0, 0.1) is 11.8 Å². The summed E-state index contributed by atoms with van der Waals surface area (Å²) in [6, 6.07) is 0. The molecule has 0 bridgehead atoms. The molecule has 0 heterocycles. The van der Waals surface area contributed by atoms with Gasteiger partial charge in [-0.25, -0.2) is 13.1 Å². The van der Waals surface area contributed by atoms with E-state index in [1.807, 2.05) is 0 Å². The maximum absolute atomic E-state index is 10.9. The highest BCUT2D eigenvalue weighted by atomic mass is 32.2. The van der Waals surface area contributed by atoms with Crippen LogP contribution in [0.5, 0.6) is 0 Å². The molecule has 1 saturated carbocycles. The second kappa shape index (κ2) is 5.09. The van der Waals surface area contributed by atoms with E-state index >= 15 is 0 Å². The Balaban J connectivity index is 2.41. The molecule has 0 amide bonds. The zero-order valence-electron chi connectivity index (χ0n) is 8.70. The molecule has 0 radical (unpaired) electrons. The minimum absolute atomic E-state index is 0.434. The topological polar surface area (TPSA) is 72.2 Å². The Kier molecular flexibility index (Phi) is 4.34. The smallest absolute Gasteiger partial charge is 0.208 e. The van der Waals surface area contributed by atoms with Gasteiger partial charge in [-0.1, -0.05) is 12.8 Å². The second-order valence-electron chi connectivity index (χ2n) is 4.16. The lowest BCUT2D eigenvalue weighted by Gasteiger charge is -2.30. The summed E-state index contributed by atoms with van der Waals surface area (Å²) in [7, 11) is -3.05. The van der Waals surface area contributed by atoms with E-state index in [1.54, 1.807) is 0 Å². The van der Waals surface area contributed by atoms with Gasteiger partial charge in [0, 0.05) is 6.54 Å². The number of nitrogens with one attached hydrogen (secondary N) is 1. The van der Waals surface area contributed by atoms with E-state index in [2.05, 4.69) is 4.72 Å². The summed E-state index contributed by atoms with van der Waals surface area (Å²) in [6.45, 7) is 1.23. The van der Waals surface area contributed by atoms with Gasteiger partial charge in [-0.2, -0.15) is 0 Å². The van der Waals surface area contributed by atoms with Crippen LogP contribution in [-0.2, 0) is 10.0 Å². The molecule has 1 aliphatic rings. The van der Waals surface area contributed by atoms with Crippen LogP contribution in [0.3, 0.4) is 0 Å². The first-order valence-electron chi connectivity index (χ1n) is 5.17. The van der Waals surface area contributed by atoms with Crippen LogP contribution in [0.2, 0.25) is 0 Å². The molecule has 2 atom stereocenters. The van der Waals surface area contributed by atoms with Gasteiger partial charge in [0.15, 0.2) is 0 Å². The zero-order valence-corrected chi connectivity index (χ0v) is 9.52. The fraction of sp³-hybridized carbons (Fsp3) is 1.00. The summed E-state index contributed by atoms with van der Waals surface area (Å²) in [5.41, 5.74) is 5.66. The van der Waals surface area contributed by atoms with E-state index in [4.69, 9.17) is 5.73 Å². The van der Waals surface area contributed by atoms with Crippen LogP contribution >= 0.6 is 0 Å². The lowest BCUT2D eigenvalue weighted by atomic mass is 9.79. The Labute approximate surface area is 86.3 Å². The van der Waals surface area contributed by atoms with Crippen LogP contribution in [-0.4, -0.2) is 27.8 Å². The van der Waals surface area contributed by atoms with Crippen molar-refractivity contribution in [3.63, 3.8) is 0 Å². The van der Waals surface area contributed by atoms with Gasteiger partial charge in [0.25, 0.3) is 0 Å². The largest absolute Gasteiger partial charge is 0.330 e. The van der Waals surface area contributed by atoms with Gasteiger partial charge in [-0.15, -0.1) is 0 Å². The molecule has 1 rings (SSSR count). The van der Waals surface area contributed by atoms with Crippen LogP contribution in [0.25, 0.3) is 0 Å². The van der Waals surface area contributed by atoms with Gasteiger partial charge in [0.1, 0.15) is 0 Å². The Morgan fingerprint density at radius 3 is 2.36 bits per heavy atom. The molecule has 0 aromatic heterocycles. The van der Waals surface area contributed by atoms with Gasteiger partial charge in [-0.05, 0) is 31.2 Å². The summed E-state index contributed by atoms with van der Waals surface area (Å²) in [5, 5.41) is 0. The third-order valence-electron chi connectivity index (χ3n) is 2.98. The lowest BCUT2D eigenvalue weighted by molar-refractivity contribution is 0.245. The van der Waals surface area contributed by atoms with E-state index in [1.165, 1.54) is 19.1 Å². The quantitative estimate of drug-likeness (QED) is 0.716. The highest BCUT2D eigenvalue weighted by molar-refractivity contribution is 7.88. The average Bonchev–Trinajstić information content (AvgIpc) is 2.14. The van der Waals surface area contributed by atoms with E-state index in [9.17, 15) is 8.42 Å². The summed E-state index contributed by atoms with van der Waals surface area (Å²) >= 11 is 0. The van der Waals surface area contributed by atoms with Crippen LogP contribution in [0.4, 0.5) is 0 Å². The third kappa shape index (κ3) is 3.94. The van der Waals surface area contributed by atoms with Crippen molar-refractivity contribution in [1.29, 1.82) is 0 Å². The van der Waals surface area contributed by atoms with Crippen molar-refractivity contribution in [3.8, 4) is 0 Å². The molecule has 3 N–H and O–H groups in total. The van der Waals surface area contributed by atoms with Gasteiger partial charge in [-0.3, -0.25) is 0 Å². The Hall–Kier alpha value is -0.130. The Bertz CT molecular complexity index is 264. The first-order valence-corrected chi connectivity index (χ1v) is 7.07. The van der Waals surface area contributed by atoms with Gasteiger partial charge in [0.05, 0.1) is 6.26 Å². The van der Waals surface area contributed by atoms with Crippen molar-refractivity contribution in [2.75, 3.05) is 19.3 Å². The summed E-state index contributed by atoms with van der Waals surface area (Å²) in [6.07, 6.45) is 5.88. The third-order valence-corrected chi connectivity index (χ3v) is 3.67. The molecule has 84 valence electrons. The summed E-state index contributed by atoms with van der Waals surface area (Å²) < 4.78 is 24.4. The summed E-state index contributed by atoms with van der Waals surface area (Å²) in [4.78, 5) is 0. The maximum atomic E-state index is 10.9. The number of hydrogen-bond acceptors (Lipinski definition) is 3. The molecule has 0 aromatic carbocycles. The fourth-order valence-electron chi connectivity index (χ4n) is 2.12. The molecular weight excluding hydrogens is 200 g/mol. The molecule has 2 unspecified atom stereocenters. The lowest BCUT2D eigenvalue weighted by Crippen LogP contribution is -2.36. The van der Waals surface area contributed by atoms with Crippen molar-refractivity contribution in [3.05, 3.63) is 0 Å². The first-order chi connectivity index (χ1) is 6.53. The maximum Gasteiger partial charge on any atom is 0.208 e. The van der Waals surface area contributed by atoms with Crippen molar-refractivity contribution in [2.45, 2.75) is 25.7 Å². The molecule has 0 aliphatic heterocycles. The minimum Gasteiger partial charge on any atom is -0.330 e. The van der Waals surface area contributed by atoms with Gasteiger partial charge < -0.3 is 5.73 Å². The molecule has 5 heteroatoms. The van der Waals surface area contributed by atoms with E-state index < -0.39 is 10.0 Å². The standard InChI is InChI=1S/C9H20N2O2S/c1-14(12,13)11-7-9-5-3-2-4-8(9)6-10/h8-9,11H,2-7,10H2,1H3. The highest BCUT2D eigenvalue weighted by Gasteiger charge is 2.24.